The Morgan fingerprint density at radius 3 is 2.92 bits per heavy atom. The van der Waals surface area contributed by atoms with E-state index in [0.29, 0.717) is 6.54 Å². The first-order valence-corrected chi connectivity index (χ1v) is 5.27. The summed E-state index contributed by atoms with van der Waals surface area (Å²) in [5.74, 6) is -0.0265. The lowest BCUT2D eigenvalue weighted by Gasteiger charge is -1.99. The van der Waals surface area contributed by atoms with Gasteiger partial charge in [0.2, 0.25) is 5.91 Å². The number of nitrogens with one attached hydrogen (secondary N) is 1. The van der Waals surface area contributed by atoms with Crippen LogP contribution in [0.15, 0.2) is 11.5 Å². The maximum atomic E-state index is 10.9. The molecule has 0 unspecified atom stereocenters. The Morgan fingerprint density at radius 1 is 1.58 bits per heavy atom. The minimum atomic E-state index is -0.0265. The molecule has 0 fully saturated rings. The largest absolute Gasteiger partial charge is 0.353 e. The zero-order chi connectivity index (χ0) is 9.23. The standard InChI is InChI=1S/C8H16N2OS/c1-12-7-4-8(11)10-6-3-2-5-9/h4,7H,2-3,5-6,9H2,1H3,(H,10,11). The van der Waals surface area contributed by atoms with Gasteiger partial charge in [0.05, 0.1) is 0 Å². The number of unbranched alkanes of at least 4 members (excludes halogenated alkanes) is 1. The van der Waals surface area contributed by atoms with E-state index in [1.807, 2.05) is 6.26 Å². The second-order valence-electron chi connectivity index (χ2n) is 2.33. The van der Waals surface area contributed by atoms with Gasteiger partial charge < -0.3 is 11.1 Å². The van der Waals surface area contributed by atoms with Gasteiger partial charge in [-0.15, -0.1) is 11.8 Å². The van der Waals surface area contributed by atoms with E-state index in [1.165, 1.54) is 17.8 Å². The molecule has 0 bridgehead atoms. The minimum absolute atomic E-state index is 0.0265. The molecule has 0 aromatic heterocycles. The molecule has 3 N–H and O–H groups in total. The third-order valence-electron chi connectivity index (χ3n) is 1.29. The smallest absolute Gasteiger partial charge is 0.244 e. The van der Waals surface area contributed by atoms with Gasteiger partial charge in [0.1, 0.15) is 0 Å². The van der Waals surface area contributed by atoms with E-state index in [9.17, 15) is 4.79 Å². The third-order valence-corrected chi connectivity index (χ3v) is 1.69. The molecule has 0 heterocycles. The quantitative estimate of drug-likeness (QED) is 0.477. The van der Waals surface area contributed by atoms with Crippen LogP contribution in [0.4, 0.5) is 0 Å². The van der Waals surface area contributed by atoms with Gasteiger partial charge in [0.25, 0.3) is 0 Å². The van der Waals surface area contributed by atoms with Crippen LogP contribution in [0.2, 0.25) is 0 Å². The van der Waals surface area contributed by atoms with E-state index in [-0.39, 0.29) is 5.91 Å². The zero-order valence-electron chi connectivity index (χ0n) is 7.38. The summed E-state index contributed by atoms with van der Waals surface area (Å²) in [5, 5.41) is 4.52. The Labute approximate surface area is 77.8 Å². The molecule has 4 heteroatoms. The first kappa shape index (κ1) is 11.5. The fourth-order valence-electron chi connectivity index (χ4n) is 0.670. The number of hydrogen-bond donors (Lipinski definition) is 2. The highest BCUT2D eigenvalue weighted by molar-refractivity contribution is 8.01. The lowest BCUT2D eigenvalue weighted by atomic mass is 10.3. The highest BCUT2D eigenvalue weighted by Crippen LogP contribution is 1.92. The SMILES string of the molecule is CSC=CC(=O)NCCCCN. The Bertz CT molecular complexity index is 148. The van der Waals surface area contributed by atoms with Crippen LogP contribution in [0.1, 0.15) is 12.8 Å². The second kappa shape index (κ2) is 8.62. The minimum Gasteiger partial charge on any atom is -0.353 e. The van der Waals surface area contributed by atoms with Gasteiger partial charge >= 0.3 is 0 Å². The van der Waals surface area contributed by atoms with Crippen molar-refractivity contribution in [1.29, 1.82) is 0 Å². The summed E-state index contributed by atoms with van der Waals surface area (Å²) < 4.78 is 0. The average Bonchev–Trinajstić information content (AvgIpc) is 2.09. The summed E-state index contributed by atoms with van der Waals surface area (Å²) in [6, 6.07) is 0. The highest BCUT2D eigenvalue weighted by Gasteiger charge is 1.92. The van der Waals surface area contributed by atoms with Gasteiger partial charge in [-0.25, -0.2) is 0 Å². The molecule has 0 radical (unpaired) electrons. The number of nitrogens with two attached hydrogens (primary N) is 1. The molecule has 0 aromatic carbocycles. The first-order valence-electron chi connectivity index (χ1n) is 3.98. The molecule has 3 nitrogen and oxygen atoms in total. The molecule has 0 aliphatic carbocycles. The molecule has 0 saturated carbocycles. The van der Waals surface area contributed by atoms with E-state index in [4.69, 9.17) is 5.73 Å². The van der Waals surface area contributed by atoms with Crippen LogP contribution < -0.4 is 11.1 Å². The van der Waals surface area contributed by atoms with Crippen LogP contribution in [0, 0.1) is 0 Å². The van der Waals surface area contributed by atoms with Crippen LogP contribution in [0.5, 0.6) is 0 Å². The Kier molecular flexibility index (Phi) is 8.27. The monoisotopic (exact) mass is 188 g/mol. The van der Waals surface area contributed by atoms with Crippen LogP contribution in [-0.4, -0.2) is 25.3 Å². The predicted molar refractivity (Wildman–Crippen MR) is 54.0 cm³/mol. The first-order chi connectivity index (χ1) is 5.81. The van der Waals surface area contributed by atoms with Crippen molar-refractivity contribution in [3.63, 3.8) is 0 Å². The summed E-state index contributed by atoms with van der Waals surface area (Å²) in [7, 11) is 0. The Hall–Kier alpha value is -0.480. The topological polar surface area (TPSA) is 55.1 Å². The molecule has 70 valence electrons. The van der Waals surface area contributed by atoms with Gasteiger partial charge in [-0.3, -0.25) is 4.79 Å². The van der Waals surface area contributed by atoms with Crippen molar-refractivity contribution < 1.29 is 4.79 Å². The van der Waals surface area contributed by atoms with E-state index in [1.54, 1.807) is 5.41 Å². The number of thioether (sulfide) groups is 1. The number of rotatable bonds is 6. The summed E-state index contributed by atoms with van der Waals surface area (Å²) in [6.45, 7) is 1.41. The number of carbonyl (C=O) groups excluding carboxylic acids is 1. The molecule has 0 aliphatic rings. The lowest BCUT2D eigenvalue weighted by molar-refractivity contribution is -0.116. The summed E-state index contributed by atoms with van der Waals surface area (Å²) in [4.78, 5) is 10.9. The molecule has 1 amide bonds. The maximum Gasteiger partial charge on any atom is 0.244 e. The second-order valence-corrected chi connectivity index (χ2v) is 3.07. The van der Waals surface area contributed by atoms with E-state index in [0.717, 1.165) is 19.4 Å². The molecular formula is C8H16N2OS. The van der Waals surface area contributed by atoms with Crippen molar-refractivity contribution in [3.05, 3.63) is 11.5 Å². The van der Waals surface area contributed by atoms with E-state index >= 15 is 0 Å². The lowest BCUT2D eigenvalue weighted by Crippen LogP contribution is -2.22. The fourth-order valence-corrected chi connectivity index (χ4v) is 0.929. The van der Waals surface area contributed by atoms with Crippen LogP contribution in [-0.2, 0) is 4.79 Å². The van der Waals surface area contributed by atoms with Gasteiger partial charge in [0, 0.05) is 12.6 Å². The van der Waals surface area contributed by atoms with E-state index < -0.39 is 0 Å². The van der Waals surface area contributed by atoms with E-state index in [2.05, 4.69) is 5.32 Å². The molecule has 0 rings (SSSR count). The van der Waals surface area contributed by atoms with Crippen LogP contribution in [0.25, 0.3) is 0 Å². The molecule has 0 aromatic rings. The van der Waals surface area contributed by atoms with Crippen LogP contribution >= 0.6 is 11.8 Å². The van der Waals surface area contributed by atoms with Crippen molar-refractivity contribution in [1.82, 2.24) is 5.32 Å². The Balaban J connectivity index is 3.25. The number of hydrogen-bond acceptors (Lipinski definition) is 3. The van der Waals surface area contributed by atoms with Crippen molar-refractivity contribution in [2.75, 3.05) is 19.3 Å². The molecular weight excluding hydrogens is 172 g/mol. The number of amides is 1. The number of carbonyl (C=O) groups is 1. The van der Waals surface area contributed by atoms with Gasteiger partial charge in [-0.1, -0.05) is 0 Å². The molecule has 0 saturated heterocycles. The molecule has 12 heavy (non-hydrogen) atoms. The predicted octanol–water partition coefficient (Wildman–Crippen LogP) is 0.718. The fraction of sp³-hybridized carbons (Fsp3) is 0.625. The zero-order valence-corrected chi connectivity index (χ0v) is 8.19. The van der Waals surface area contributed by atoms with Crippen molar-refractivity contribution in [2.24, 2.45) is 5.73 Å². The van der Waals surface area contributed by atoms with Gasteiger partial charge in [0.15, 0.2) is 0 Å². The van der Waals surface area contributed by atoms with Crippen molar-refractivity contribution in [3.8, 4) is 0 Å². The van der Waals surface area contributed by atoms with Gasteiger partial charge in [-0.05, 0) is 31.1 Å². The normalized spacial score (nSPS) is 10.5. The van der Waals surface area contributed by atoms with Crippen molar-refractivity contribution >= 4 is 17.7 Å². The highest BCUT2D eigenvalue weighted by atomic mass is 32.2. The molecule has 0 spiro atoms. The van der Waals surface area contributed by atoms with Crippen LogP contribution in [0.3, 0.4) is 0 Å². The van der Waals surface area contributed by atoms with Gasteiger partial charge in [-0.2, -0.15) is 0 Å². The molecule has 0 atom stereocenters. The third kappa shape index (κ3) is 7.63. The Morgan fingerprint density at radius 2 is 2.33 bits per heavy atom. The average molecular weight is 188 g/mol. The van der Waals surface area contributed by atoms with Crippen molar-refractivity contribution in [2.45, 2.75) is 12.8 Å². The molecule has 0 aliphatic heterocycles. The summed E-state index contributed by atoms with van der Waals surface area (Å²) >= 11 is 1.51. The summed E-state index contributed by atoms with van der Waals surface area (Å²) in [6.07, 6.45) is 5.37. The summed E-state index contributed by atoms with van der Waals surface area (Å²) in [5.41, 5.74) is 5.30. The maximum absolute atomic E-state index is 10.9.